The van der Waals surface area contributed by atoms with Crippen molar-refractivity contribution in [2.24, 2.45) is 0 Å². The molecule has 36 heavy (non-hydrogen) atoms. The average molecular weight is 523 g/mol. The van der Waals surface area contributed by atoms with Crippen molar-refractivity contribution < 1.29 is 19.1 Å². The summed E-state index contributed by atoms with van der Waals surface area (Å²) in [5, 5.41) is 4.58. The molecule has 10 heteroatoms. The third-order valence-electron chi connectivity index (χ3n) is 5.36. The molecule has 0 saturated carbocycles. The molecule has 1 atom stereocenters. The van der Waals surface area contributed by atoms with Gasteiger partial charge in [-0.25, -0.2) is 5.01 Å². The molecule has 1 unspecified atom stereocenters. The zero-order valence-electron chi connectivity index (χ0n) is 19.3. The van der Waals surface area contributed by atoms with Crippen LogP contribution in [0.2, 0.25) is 5.02 Å². The van der Waals surface area contributed by atoms with Gasteiger partial charge in [-0.05, 0) is 67.7 Å². The van der Waals surface area contributed by atoms with Crippen LogP contribution in [0.3, 0.4) is 0 Å². The van der Waals surface area contributed by atoms with E-state index in [4.69, 9.17) is 28.6 Å². The highest BCUT2D eigenvalue weighted by molar-refractivity contribution is 7.80. The lowest BCUT2D eigenvalue weighted by Crippen LogP contribution is -2.49. The Morgan fingerprint density at radius 2 is 1.75 bits per heavy atom. The van der Waals surface area contributed by atoms with E-state index in [1.807, 2.05) is 6.92 Å². The van der Waals surface area contributed by atoms with Crippen molar-refractivity contribution in [2.45, 2.75) is 19.4 Å². The van der Waals surface area contributed by atoms with E-state index in [0.29, 0.717) is 34.3 Å². The Balaban J connectivity index is 1.58. The topological polar surface area (TPSA) is 91.0 Å². The molecule has 0 aromatic heterocycles. The number of hydrogen-bond donors (Lipinski definition) is 2. The van der Waals surface area contributed by atoms with E-state index in [0.717, 1.165) is 0 Å². The molecule has 1 saturated heterocycles. The number of carbonyl (C=O) groups excluding carboxylic acids is 3. The molecule has 0 bridgehead atoms. The van der Waals surface area contributed by atoms with E-state index < -0.39 is 23.8 Å². The fraction of sp³-hybridized carbons (Fsp3) is 0.154. The number of halogens is 1. The second kappa shape index (κ2) is 11.2. The van der Waals surface area contributed by atoms with Gasteiger partial charge >= 0.3 is 0 Å². The molecule has 184 valence electrons. The SMILES string of the molecule is CCOc1cccc(NC(=O)CC2C(=O)N(c3ccc(Cl)cc3)C(=S)N2NC(=O)c2ccccc2)c1. The first-order chi connectivity index (χ1) is 17.4. The second-order valence-corrected chi connectivity index (χ2v) is 8.64. The summed E-state index contributed by atoms with van der Waals surface area (Å²) in [7, 11) is 0. The standard InChI is InChI=1S/C26H23ClN4O4S/c1-2-35-21-10-6-9-19(15-21)28-23(32)16-22-25(34)30(20-13-11-18(27)12-14-20)26(36)31(22)29-24(33)17-7-4-3-5-8-17/h3-15,22H,2,16H2,1H3,(H,28,32)(H,29,33). The Morgan fingerprint density at radius 1 is 1.03 bits per heavy atom. The van der Waals surface area contributed by atoms with E-state index in [2.05, 4.69) is 10.7 Å². The maximum absolute atomic E-state index is 13.5. The molecule has 0 spiro atoms. The van der Waals surface area contributed by atoms with E-state index >= 15 is 0 Å². The number of hydrogen-bond acceptors (Lipinski definition) is 5. The summed E-state index contributed by atoms with van der Waals surface area (Å²) in [6.45, 7) is 2.35. The molecule has 3 aromatic carbocycles. The van der Waals surface area contributed by atoms with Crippen LogP contribution in [0.4, 0.5) is 11.4 Å². The monoisotopic (exact) mass is 522 g/mol. The van der Waals surface area contributed by atoms with Crippen LogP contribution in [0, 0.1) is 0 Å². The fourth-order valence-electron chi connectivity index (χ4n) is 3.71. The van der Waals surface area contributed by atoms with Crippen molar-refractivity contribution >= 4 is 58.0 Å². The quantitative estimate of drug-likeness (QED) is 0.426. The normalized spacial score (nSPS) is 15.1. The second-order valence-electron chi connectivity index (χ2n) is 7.84. The van der Waals surface area contributed by atoms with E-state index in [1.165, 1.54) is 9.91 Å². The average Bonchev–Trinajstić information content (AvgIpc) is 3.09. The summed E-state index contributed by atoms with van der Waals surface area (Å²) < 4.78 is 5.47. The summed E-state index contributed by atoms with van der Waals surface area (Å²) >= 11 is 11.6. The first-order valence-electron chi connectivity index (χ1n) is 11.2. The number of ether oxygens (including phenoxy) is 1. The molecule has 1 fully saturated rings. The van der Waals surface area contributed by atoms with Crippen LogP contribution in [-0.4, -0.2) is 40.5 Å². The Kier molecular flexibility index (Phi) is 7.82. The van der Waals surface area contributed by atoms with Gasteiger partial charge in [0.25, 0.3) is 11.8 Å². The Labute approximate surface area is 218 Å². The van der Waals surface area contributed by atoms with Gasteiger partial charge in [0.15, 0.2) is 0 Å². The Hall–Kier alpha value is -3.95. The van der Waals surface area contributed by atoms with Crippen molar-refractivity contribution in [1.29, 1.82) is 0 Å². The smallest absolute Gasteiger partial charge is 0.269 e. The van der Waals surface area contributed by atoms with Crippen LogP contribution in [-0.2, 0) is 9.59 Å². The highest BCUT2D eigenvalue weighted by Gasteiger charge is 2.45. The van der Waals surface area contributed by atoms with Crippen LogP contribution in [0.1, 0.15) is 23.7 Å². The van der Waals surface area contributed by atoms with Gasteiger partial charge < -0.3 is 10.1 Å². The zero-order chi connectivity index (χ0) is 25.7. The highest BCUT2D eigenvalue weighted by Crippen LogP contribution is 2.28. The number of nitrogens with zero attached hydrogens (tertiary/aromatic N) is 2. The van der Waals surface area contributed by atoms with Crippen LogP contribution < -0.4 is 20.4 Å². The van der Waals surface area contributed by atoms with Crippen LogP contribution in [0.25, 0.3) is 0 Å². The van der Waals surface area contributed by atoms with Crippen molar-refractivity contribution in [1.82, 2.24) is 10.4 Å². The summed E-state index contributed by atoms with van der Waals surface area (Å²) in [4.78, 5) is 40.6. The van der Waals surface area contributed by atoms with Crippen LogP contribution in [0.15, 0.2) is 78.9 Å². The third-order valence-corrected chi connectivity index (χ3v) is 6.00. The van der Waals surface area contributed by atoms with E-state index in [9.17, 15) is 14.4 Å². The van der Waals surface area contributed by atoms with E-state index in [1.54, 1.807) is 78.9 Å². The summed E-state index contributed by atoms with van der Waals surface area (Å²) in [6, 6.07) is 21.0. The van der Waals surface area contributed by atoms with Gasteiger partial charge in [-0.3, -0.25) is 24.7 Å². The largest absolute Gasteiger partial charge is 0.494 e. The maximum atomic E-state index is 13.5. The molecule has 0 aliphatic carbocycles. The van der Waals surface area contributed by atoms with Crippen LogP contribution in [0.5, 0.6) is 5.75 Å². The molecule has 1 aliphatic heterocycles. The molecule has 0 radical (unpaired) electrons. The molecule has 8 nitrogen and oxygen atoms in total. The van der Waals surface area contributed by atoms with Gasteiger partial charge in [0, 0.05) is 22.3 Å². The number of anilines is 2. The third kappa shape index (κ3) is 5.64. The number of carbonyl (C=O) groups is 3. The van der Waals surface area contributed by atoms with Gasteiger partial charge in [0.1, 0.15) is 11.8 Å². The molecular formula is C26H23ClN4O4S. The predicted octanol–water partition coefficient (Wildman–Crippen LogP) is 4.41. The lowest BCUT2D eigenvalue weighted by atomic mass is 10.1. The van der Waals surface area contributed by atoms with Crippen molar-refractivity contribution in [3.63, 3.8) is 0 Å². The van der Waals surface area contributed by atoms with Crippen molar-refractivity contribution in [3.8, 4) is 5.75 Å². The molecule has 2 N–H and O–H groups in total. The van der Waals surface area contributed by atoms with Crippen molar-refractivity contribution in [3.05, 3.63) is 89.4 Å². The first kappa shape index (κ1) is 25.2. The molecule has 3 aromatic rings. The molecule has 4 rings (SSSR count). The van der Waals surface area contributed by atoms with Gasteiger partial charge in [-0.2, -0.15) is 0 Å². The number of rotatable bonds is 8. The molecule has 1 heterocycles. The van der Waals surface area contributed by atoms with Crippen molar-refractivity contribution in [2.75, 3.05) is 16.8 Å². The van der Waals surface area contributed by atoms with Gasteiger partial charge in [0.05, 0.1) is 18.7 Å². The van der Waals surface area contributed by atoms with Gasteiger partial charge in [0.2, 0.25) is 11.0 Å². The lowest BCUT2D eigenvalue weighted by molar-refractivity contribution is -0.124. The molecular weight excluding hydrogens is 500 g/mol. The summed E-state index contributed by atoms with van der Waals surface area (Å²) in [5.41, 5.74) is 4.07. The fourth-order valence-corrected chi connectivity index (χ4v) is 4.20. The Morgan fingerprint density at radius 3 is 2.44 bits per heavy atom. The number of nitrogens with one attached hydrogen (secondary N) is 2. The van der Waals surface area contributed by atoms with Crippen LogP contribution >= 0.6 is 23.8 Å². The Bertz CT molecular complexity index is 1290. The number of benzene rings is 3. The van der Waals surface area contributed by atoms with Gasteiger partial charge in [-0.15, -0.1) is 0 Å². The molecule has 1 aliphatic rings. The minimum atomic E-state index is -1.06. The summed E-state index contributed by atoms with van der Waals surface area (Å²) in [6.07, 6.45) is -0.253. The predicted molar refractivity (Wildman–Crippen MR) is 142 cm³/mol. The summed E-state index contributed by atoms with van der Waals surface area (Å²) in [5.74, 6) is -0.728. The lowest BCUT2D eigenvalue weighted by Gasteiger charge is -2.24. The zero-order valence-corrected chi connectivity index (χ0v) is 20.9. The number of hydrazine groups is 1. The number of thiocarbonyl (C=S) groups is 1. The first-order valence-corrected chi connectivity index (χ1v) is 12.0. The number of amides is 3. The minimum Gasteiger partial charge on any atom is -0.494 e. The molecule has 3 amide bonds. The van der Waals surface area contributed by atoms with E-state index in [-0.39, 0.29) is 11.5 Å². The van der Waals surface area contributed by atoms with Gasteiger partial charge in [-0.1, -0.05) is 35.9 Å². The minimum absolute atomic E-state index is 0.0442. The maximum Gasteiger partial charge on any atom is 0.269 e. The highest BCUT2D eigenvalue weighted by atomic mass is 35.5.